The lowest BCUT2D eigenvalue weighted by molar-refractivity contribution is -0.137. The first kappa shape index (κ1) is 18.0. The van der Waals surface area contributed by atoms with Gasteiger partial charge in [0.1, 0.15) is 0 Å². The van der Waals surface area contributed by atoms with Crippen LogP contribution in [0.25, 0.3) is 0 Å². The number of carboxylic acids is 1. The molecule has 1 atom stereocenters. The van der Waals surface area contributed by atoms with Crippen molar-refractivity contribution in [2.45, 2.75) is 83.1 Å². The summed E-state index contributed by atoms with van der Waals surface area (Å²) in [7, 11) is 0. The highest BCUT2D eigenvalue weighted by Crippen LogP contribution is 2.32. The van der Waals surface area contributed by atoms with E-state index in [1.165, 1.54) is 24.0 Å². The number of carbonyl (C=O) groups is 2. The number of carboxylic acid groups (broad SMARTS) is 1. The van der Waals surface area contributed by atoms with Crippen LogP contribution < -0.4 is 4.90 Å². The molecule has 0 bridgehead atoms. The number of amides is 1. The minimum Gasteiger partial charge on any atom is -0.481 e. The van der Waals surface area contributed by atoms with Crippen LogP contribution in [0.15, 0.2) is 18.2 Å². The monoisotopic (exact) mass is 343 g/mol. The first-order valence-corrected chi connectivity index (χ1v) is 9.81. The van der Waals surface area contributed by atoms with Gasteiger partial charge in [-0.1, -0.05) is 25.3 Å². The fourth-order valence-electron chi connectivity index (χ4n) is 4.29. The molecule has 0 spiro atoms. The van der Waals surface area contributed by atoms with Gasteiger partial charge in [-0.15, -0.1) is 0 Å². The molecule has 1 N–H and O–H groups in total. The predicted octanol–water partition coefficient (Wildman–Crippen LogP) is 4.49. The summed E-state index contributed by atoms with van der Waals surface area (Å²) in [5.41, 5.74) is 3.95. The summed E-state index contributed by atoms with van der Waals surface area (Å²) < 4.78 is 0. The van der Waals surface area contributed by atoms with Crippen molar-refractivity contribution >= 4 is 17.6 Å². The summed E-state index contributed by atoms with van der Waals surface area (Å²) in [6.07, 6.45) is 11.4. The van der Waals surface area contributed by atoms with E-state index in [-0.39, 0.29) is 12.3 Å². The molecular formula is C21H29NO3. The summed E-state index contributed by atoms with van der Waals surface area (Å²) in [6.45, 7) is 0. The Bertz CT molecular complexity index is 626. The maximum absolute atomic E-state index is 12.6. The summed E-state index contributed by atoms with van der Waals surface area (Å²) in [6, 6.07) is 6.89. The lowest BCUT2D eigenvalue weighted by Gasteiger charge is -2.36. The fourth-order valence-corrected chi connectivity index (χ4v) is 4.29. The lowest BCUT2D eigenvalue weighted by atomic mass is 9.94. The number of anilines is 1. The number of fused-ring (bicyclic) bond motifs is 1. The first-order valence-electron chi connectivity index (χ1n) is 9.81. The number of aryl methyl sites for hydroxylation is 2. The molecule has 1 aliphatic heterocycles. The van der Waals surface area contributed by atoms with Gasteiger partial charge in [-0.3, -0.25) is 9.59 Å². The second-order valence-electron chi connectivity index (χ2n) is 7.46. The molecule has 2 aliphatic rings. The number of benzene rings is 1. The van der Waals surface area contributed by atoms with E-state index in [1.54, 1.807) is 0 Å². The highest BCUT2D eigenvalue weighted by Gasteiger charge is 2.29. The van der Waals surface area contributed by atoms with Crippen molar-refractivity contribution in [3.63, 3.8) is 0 Å². The second-order valence-corrected chi connectivity index (χ2v) is 7.46. The molecular weight excluding hydrogens is 314 g/mol. The molecule has 4 nitrogen and oxygen atoms in total. The van der Waals surface area contributed by atoms with Gasteiger partial charge in [0.25, 0.3) is 0 Å². The summed E-state index contributed by atoms with van der Waals surface area (Å²) >= 11 is 0. The van der Waals surface area contributed by atoms with E-state index in [0.717, 1.165) is 57.1 Å². The van der Waals surface area contributed by atoms with Gasteiger partial charge in [0.15, 0.2) is 0 Å². The maximum Gasteiger partial charge on any atom is 0.303 e. The first-order chi connectivity index (χ1) is 12.1. The molecule has 1 fully saturated rings. The third-order valence-electron chi connectivity index (χ3n) is 5.60. The van der Waals surface area contributed by atoms with E-state index in [0.29, 0.717) is 12.5 Å². The maximum atomic E-state index is 12.6. The van der Waals surface area contributed by atoms with Crippen molar-refractivity contribution in [1.29, 1.82) is 0 Å². The van der Waals surface area contributed by atoms with E-state index in [9.17, 15) is 9.59 Å². The predicted molar refractivity (Wildman–Crippen MR) is 98.9 cm³/mol. The van der Waals surface area contributed by atoms with Gasteiger partial charge < -0.3 is 10.0 Å². The molecule has 136 valence electrons. The van der Waals surface area contributed by atoms with Crippen molar-refractivity contribution in [3.05, 3.63) is 29.3 Å². The van der Waals surface area contributed by atoms with E-state index in [2.05, 4.69) is 23.1 Å². The standard InChI is InChI=1S/C21H29NO3/c23-20-11-6-10-18(9-3-1-2-4-12-21(24)25)22(20)19-14-13-16-7-5-8-17(16)15-19/h13-15,18H,1-12H2,(H,24,25). The molecule has 4 heteroatoms. The van der Waals surface area contributed by atoms with Crippen LogP contribution in [-0.4, -0.2) is 23.0 Å². The van der Waals surface area contributed by atoms with Crippen LogP contribution in [0.3, 0.4) is 0 Å². The number of nitrogens with zero attached hydrogens (tertiary/aromatic N) is 1. The number of hydrogen-bond donors (Lipinski definition) is 1. The fraction of sp³-hybridized carbons (Fsp3) is 0.619. The largest absolute Gasteiger partial charge is 0.481 e. The molecule has 1 aliphatic carbocycles. The molecule has 1 saturated heterocycles. The Morgan fingerprint density at radius 1 is 1.04 bits per heavy atom. The van der Waals surface area contributed by atoms with Crippen LogP contribution >= 0.6 is 0 Å². The number of hydrogen-bond acceptors (Lipinski definition) is 2. The molecule has 0 radical (unpaired) electrons. The molecule has 1 amide bonds. The lowest BCUT2D eigenvalue weighted by Crippen LogP contribution is -2.43. The average Bonchev–Trinajstić information content (AvgIpc) is 3.05. The van der Waals surface area contributed by atoms with Gasteiger partial charge in [-0.2, -0.15) is 0 Å². The topological polar surface area (TPSA) is 57.6 Å². The van der Waals surface area contributed by atoms with Crippen LogP contribution in [0.4, 0.5) is 5.69 Å². The Kier molecular flexibility index (Phi) is 6.11. The second kappa shape index (κ2) is 8.50. The van der Waals surface area contributed by atoms with Gasteiger partial charge >= 0.3 is 5.97 Å². The van der Waals surface area contributed by atoms with Crippen LogP contribution in [0.2, 0.25) is 0 Å². The Labute approximate surface area is 150 Å². The zero-order valence-corrected chi connectivity index (χ0v) is 15.0. The van der Waals surface area contributed by atoms with Gasteiger partial charge in [-0.05, 0) is 68.2 Å². The normalized spacial score (nSPS) is 19.9. The van der Waals surface area contributed by atoms with Gasteiger partial charge in [0.05, 0.1) is 0 Å². The molecule has 1 aromatic carbocycles. The third kappa shape index (κ3) is 4.62. The molecule has 1 unspecified atom stereocenters. The van der Waals surface area contributed by atoms with E-state index >= 15 is 0 Å². The van der Waals surface area contributed by atoms with E-state index in [1.807, 2.05) is 0 Å². The molecule has 25 heavy (non-hydrogen) atoms. The Hall–Kier alpha value is -1.84. The summed E-state index contributed by atoms with van der Waals surface area (Å²) in [5.74, 6) is -0.444. The summed E-state index contributed by atoms with van der Waals surface area (Å²) in [5, 5.41) is 8.69. The van der Waals surface area contributed by atoms with Crippen LogP contribution in [-0.2, 0) is 22.4 Å². The van der Waals surface area contributed by atoms with E-state index < -0.39 is 5.97 Å². The van der Waals surface area contributed by atoms with Gasteiger partial charge in [-0.25, -0.2) is 0 Å². The van der Waals surface area contributed by atoms with E-state index in [4.69, 9.17) is 5.11 Å². The molecule has 1 heterocycles. The Morgan fingerprint density at radius 3 is 2.68 bits per heavy atom. The molecule has 3 rings (SSSR count). The van der Waals surface area contributed by atoms with Crippen molar-refractivity contribution < 1.29 is 14.7 Å². The highest BCUT2D eigenvalue weighted by atomic mass is 16.4. The van der Waals surface area contributed by atoms with Gasteiger partial charge in [0.2, 0.25) is 5.91 Å². The number of piperidine rings is 1. The molecule has 0 saturated carbocycles. The van der Waals surface area contributed by atoms with Crippen molar-refractivity contribution in [2.24, 2.45) is 0 Å². The SMILES string of the molecule is O=C(O)CCCCCCC1CCCC(=O)N1c1ccc2c(c1)CCC2. The van der Waals surface area contributed by atoms with Crippen molar-refractivity contribution in [2.75, 3.05) is 4.90 Å². The zero-order valence-electron chi connectivity index (χ0n) is 15.0. The zero-order chi connectivity index (χ0) is 17.6. The van der Waals surface area contributed by atoms with Crippen LogP contribution in [0.5, 0.6) is 0 Å². The summed E-state index contributed by atoms with van der Waals surface area (Å²) in [4.78, 5) is 25.2. The van der Waals surface area contributed by atoms with Crippen LogP contribution in [0, 0.1) is 0 Å². The molecule has 0 aromatic heterocycles. The minimum atomic E-state index is -0.708. The smallest absolute Gasteiger partial charge is 0.303 e. The Morgan fingerprint density at radius 2 is 1.84 bits per heavy atom. The number of aliphatic carboxylic acids is 1. The average molecular weight is 343 g/mol. The van der Waals surface area contributed by atoms with Gasteiger partial charge in [0, 0.05) is 24.6 Å². The number of unbranched alkanes of at least 4 members (excludes halogenated alkanes) is 3. The quantitative estimate of drug-likeness (QED) is 0.708. The molecule has 1 aromatic rings. The van der Waals surface area contributed by atoms with Crippen LogP contribution in [0.1, 0.15) is 75.3 Å². The minimum absolute atomic E-state index is 0.264. The third-order valence-corrected chi connectivity index (χ3v) is 5.60. The van der Waals surface area contributed by atoms with Crippen molar-refractivity contribution in [3.8, 4) is 0 Å². The van der Waals surface area contributed by atoms with Crippen molar-refractivity contribution in [1.82, 2.24) is 0 Å². The number of rotatable bonds is 8. The highest BCUT2D eigenvalue weighted by molar-refractivity contribution is 5.94. The number of carbonyl (C=O) groups excluding carboxylic acids is 1. The Balaban J connectivity index is 1.58.